The summed E-state index contributed by atoms with van der Waals surface area (Å²) in [6, 6.07) is 4.22. The van der Waals surface area contributed by atoms with Crippen molar-refractivity contribution >= 4 is 17.6 Å². The SMILES string of the molecule is O=C1CC[C@@H](N2CCCC(c3ccc(N4CCCCC4)nc3)C2)C(=O)N1. The predicted octanol–water partition coefficient (Wildman–Crippen LogP) is 2.06. The van der Waals surface area contributed by atoms with E-state index in [1.165, 1.54) is 24.8 Å². The molecular formula is C20H28N4O2. The maximum atomic E-state index is 12.2. The first kappa shape index (κ1) is 17.5. The molecule has 4 rings (SSSR count). The van der Waals surface area contributed by atoms with E-state index in [2.05, 4.69) is 27.2 Å². The van der Waals surface area contributed by atoms with E-state index in [4.69, 9.17) is 4.98 Å². The van der Waals surface area contributed by atoms with Crippen LogP contribution in [-0.4, -0.2) is 53.9 Å². The highest BCUT2D eigenvalue weighted by Gasteiger charge is 2.34. The first-order chi connectivity index (χ1) is 12.7. The Morgan fingerprint density at radius 2 is 1.85 bits per heavy atom. The van der Waals surface area contributed by atoms with E-state index in [9.17, 15) is 9.59 Å². The Balaban J connectivity index is 1.41. The quantitative estimate of drug-likeness (QED) is 0.840. The summed E-state index contributed by atoms with van der Waals surface area (Å²) in [5.74, 6) is 1.24. The summed E-state index contributed by atoms with van der Waals surface area (Å²) in [6.45, 7) is 4.03. The molecule has 3 aliphatic rings. The molecule has 6 heteroatoms. The van der Waals surface area contributed by atoms with Gasteiger partial charge in [-0.05, 0) is 62.6 Å². The molecule has 0 aliphatic carbocycles. The van der Waals surface area contributed by atoms with Gasteiger partial charge in [-0.1, -0.05) is 6.07 Å². The fourth-order valence-electron chi connectivity index (χ4n) is 4.54. The third-order valence-corrected chi connectivity index (χ3v) is 6.03. The number of carbonyl (C=O) groups is 2. The molecule has 2 atom stereocenters. The summed E-state index contributed by atoms with van der Waals surface area (Å²) in [5, 5.41) is 2.49. The monoisotopic (exact) mass is 356 g/mol. The van der Waals surface area contributed by atoms with Gasteiger partial charge in [0.1, 0.15) is 5.82 Å². The predicted molar refractivity (Wildman–Crippen MR) is 100 cm³/mol. The van der Waals surface area contributed by atoms with Crippen LogP contribution in [0.15, 0.2) is 18.3 Å². The lowest BCUT2D eigenvalue weighted by atomic mass is 9.89. The zero-order valence-corrected chi connectivity index (χ0v) is 15.3. The number of hydrogen-bond acceptors (Lipinski definition) is 5. The Kier molecular flexibility index (Phi) is 5.20. The molecule has 1 aromatic heterocycles. The Morgan fingerprint density at radius 3 is 2.58 bits per heavy atom. The molecule has 0 saturated carbocycles. The maximum Gasteiger partial charge on any atom is 0.243 e. The van der Waals surface area contributed by atoms with Gasteiger partial charge in [-0.25, -0.2) is 4.98 Å². The van der Waals surface area contributed by atoms with Crippen molar-refractivity contribution in [2.24, 2.45) is 0 Å². The van der Waals surface area contributed by atoms with Crippen LogP contribution in [-0.2, 0) is 9.59 Å². The minimum absolute atomic E-state index is 0.125. The summed E-state index contributed by atoms with van der Waals surface area (Å²) in [5.41, 5.74) is 1.27. The van der Waals surface area contributed by atoms with Gasteiger partial charge in [0.25, 0.3) is 0 Å². The van der Waals surface area contributed by atoms with E-state index < -0.39 is 0 Å². The number of imide groups is 1. The Bertz CT molecular complexity index is 654. The number of pyridine rings is 1. The van der Waals surface area contributed by atoms with Crippen LogP contribution in [0.2, 0.25) is 0 Å². The number of anilines is 1. The standard InChI is InChI=1S/C20H28N4O2/c25-19-9-7-17(20(26)22-19)24-12-4-5-16(14-24)15-6-8-18(21-13-15)23-10-2-1-3-11-23/h6,8,13,16-17H,1-5,7,9-12,14H2,(H,22,25,26)/t16?,17-/m1/s1. The molecule has 26 heavy (non-hydrogen) atoms. The maximum absolute atomic E-state index is 12.2. The van der Waals surface area contributed by atoms with Crippen molar-refractivity contribution in [1.82, 2.24) is 15.2 Å². The number of nitrogens with zero attached hydrogens (tertiary/aromatic N) is 3. The molecule has 2 amide bonds. The summed E-state index contributed by atoms with van der Waals surface area (Å²) in [7, 11) is 0. The topological polar surface area (TPSA) is 65.5 Å². The fraction of sp³-hybridized carbons (Fsp3) is 0.650. The molecule has 0 aromatic carbocycles. The molecule has 3 fully saturated rings. The van der Waals surface area contributed by atoms with Gasteiger partial charge in [-0.15, -0.1) is 0 Å². The van der Waals surface area contributed by atoms with Crippen LogP contribution in [0.1, 0.15) is 56.4 Å². The molecule has 1 N–H and O–H groups in total. The minimum atomic E-state index is -0.156. The lowest BCUT2D eigenvalue weighted by Gasteiger charge is -2.39. The Morgan fingerprint density at radius 1 is 1.00 bits per heavy atom. The number of rotatable bonds is 3. The van der Waals surface area contributed by atoms with Crippen LogP contribution in [0, 0.1) is 0 Å². The van der Waals surface area contributed by atoms with E-state index >= 15 is 0 Å². The second kappa shape index (κ2) is 7.74. The number of carbonyl (C=O) groups excluding carboxylic acids is 2. The summed E-state index contributed by atoms with van der Waals surface area (Å²) >= 11 is 0. The van der Waals surface area contributed by atoms with Gasteiger partial charge in [0.05, 0.1) is 6.04 Å². The second-order valence-corrected chi connectivity index (χ2v) is 7.80. The molecule has 3 saturated heterocycles. The number of likely N-dealkylation sites (tertiary alicyclic amines) is 1. The van der Waals surface area contributed by atoms with Gasteiger partial charge < -0.3 is 4.90 Å². The molecular weight excluding hydrogens is 328 g/mol. The van der Waals surface area contributed by atoms with E-state index in [0.717, 1.165) is 44.8 Å². The molecule has 140 valence electrons. The number of amides is 2. The number of nitrogens with one attached hydrogen (secondary N) is 1. The largest absolute Gasteiger partial charge is 0.357 e. The first-order valence-electron chi connectivity index (χ1n) is 9.99. The lowest BCUT2D eigenvalue weighted by molar-refractivity contribution is -0.137. The van der Waals surface area contributed by atoms with Crippen molar-refractivity contribution in [3.05, 3.63) is 23.9 Å². The highest BCUT2D eigenvalue weighted by atomic mass is 16.2. The van der Waals surface area contributed by atoms with E-state index in [-0.39, 0.29) is 17.9 Å². The smallest absolute Gasteiger partial charge is 0.243 e. The molecule has 3 aliphatic heterocycles. The van der Waals surface area contributed by atoms with Gasteiger partial charge >= 0.3 is 0 Å². The van der Waals surface area contributed by atoms with Crippen molar-refractivity contribution in [3.8, 4) is 0 Å². The number of hydrogen-bond donors (Lipinski definition) is 1. The summed E-state index contributed by atoms with van der Waals surface area (Å²) < 4.78 is 0. The minimum Gasteiger partial charge on any atom is -0.357 e. The van der Waals surface area contributed by atoms with E-state index in [1.807, 2.05) is 6.20 Å². The van der Waals surface area contributed by atoms with Gasteiger partial charge in [0, 0.05) is 32.3 Å². The highest BCUT2D eigenvalue weighted by molar-refractivity contribution is 6.00. The number of piperidine rings is 3. The molecule has 0 bridgehead atoms. The summed E-state index contributed by atoms with van der Waals surface area (Å²) in [4.78, 5) is 32.9. The third-order valence-electron chi connectivity index (χ3n) is 6.03. The van der Waals surface area contributed by atoms with Crippen molar-refractivity contribution in [2.75, 3.05) is 31.1 Å². The molecule has 1 unspecified atom stereocenters. The molecule has 0 spiro atoms. The van der Waals surface area contributed by atoms with E-state index in [0.29, 0.717) is 18.8 Å². The fourth-order valence-corrected chi connectivity index (χ4v) is 4.54. The van der Waals surface area contributed by atoms with Gasteiger partial charge in [0.2, 0.25) is 11.8 Å². The molecule has 6 nitrogen and oxygen atoms in total. The Labute approximate surface area is 155 Å². The zero-order valence-electron chi connectivity index (χ0n) is 15.3. The van der Waals surface area contributed by atoms with Gasteiger partial charge in [-0.2, -0.15) is 0 Å². The Hall–Kier alpha value is -1.95. The van der Waals surface area contributed by atoms with Gasteiger partial charge in [-0.3, -0.25) is 19.8 Å². The third kappa shape index (κ3) is 3.75. The molecule has 1 aromatic rings. The highest BCUT2D eigenvalue weighted by Crippen LogP contribution is 2.30. The van der Waals surface area contributed by atoms with Crippen molar-refractivity contribution in [1.29, 1.82) is 0 Å². The van der Waals surface area contributed by atoms with Crippen LogP contribution >= 0.6 is 0 Å². The average Bonchev–Trinajstić information content (AvgIpc) is 2.69. The first-order valence-corrected chi connectivity index (χ1v) is 9.99. The zero-order chi connectivity index (χ0) is 17.9. The van der Waals surface area contributed by atoms with E-state index in [1.54, 1.807) is 0 Å². The molecule has 0 radical (unpaired) electrons. The van der Waals surface area contributed by atoms with Crippen LogP contribution in [0.3, 0.4) is 0 Å². The van der Waals surface area contributed by atoms with Crippen molar-refractivity contribution in [2.45, 2.75) is 56.9 Å². The normalized spacial score (nSPS) is 28.1. The average molecular weight is 356 g/mol. The van der Waals surface area contributed by atoms with Gasteiger partial charge in [0.15, 0.2) is 0 Å². The summed E-state index contributed by atoms with van der Waals surface area (Å²) in [6.07, 6.45) is 9.17. The van der Waals surface area contributed by atoms with Crippen LogP contribution < -0.4 is 10.2 Å². The second-order valence-electron chi connectivity index (χ2n) is 7.80. The van der Waals surface area contributed by atoms with Crippen LogP contribution in [0.25, 0.3) is 0 Å². The molecule has 4 heterocycles. The van der Waals surface area contributed by atoms with Crippen LogP contribution in [0.5, 0.6) is 0 Å². The lowest BCUT2D eigenvalue weighted by Crippen LogP contribution is -2.54. The van der Waals surface area contributed by atoms with Crippen molar-refractivity contribution < 1.29 is 9.59 Å². The van der Waals surface area contributed by atoms with Crippen molar-refractivity contribution in [3.63, 3.8) is 0 Å². The van der Waals surface area contributed by atoms with Crippen LogP contribution in [0.4, 0.5) is 5.82 Å². The number of aromatic nitrogens is 1.